The van der Waals surface area contributed by atoms with Crippen molar-refractivity contribution in [1.29, 1.82) is 0 Å². The predicted molar refractivity (Wildman–Crippen MR) is 102 cm³/mol. The van der Waals surface area contributed by atoms with Gasteiger partial charge in [0.05, 0.1) is 11.7 Å². The molecule has 23 heavy (non-hydrogen) atoms. The van der Waals surface area contributed by atoms with E-state index in [0.29, 0.717) is 19.0 Å². The van der Waals surface area contributed by atoms with Gasteiger partial charge in [0.25, 0.3) is 0 Å². The zero-order valence-electron chi connectivity index (χ0n) is 14.4. The molecule has 0 saturated carbocycles. The minimum absolute atomic E-state index is 0. The van der Waals surface area contributed by atoms with E-state index in [0.717, 1.165) is 5.56 Å². The molecule has 2 N–H and O–H groups in total. The van der Waals surface area contributed by atoms with Crippen LogP contribution in [0.5, 0.6) is 0 Å². The summed E-state index contributed by atoms with van der Waals surface area (Å²) in [4.78, 5) is 4.16. The summed E-state index contributed by atoms with van der Waals surface area (Å²) in [5.41, 5.74) is 0.624. The lowest BCUT2D eigenvalue weighted by Gasteiger charge is -2.25. The highest BCUT2D eigenvalue weighted by Gasteiger charge is 2.17. The second-order valence-electron chi connectivity index (χ2n) is 5.55. The number of methoxy groups -OCH3 is 2. The molecular weight excluding hydrogens is 412 g/mol. The van der Waals surface area contributed by atoms with Gasteiger partial charge in [-0.2, -0.15) is 0 Å². The van der Waals surface area contributed by atoms with E-state index >= 15 is 0 Å². The van der Waals surface area contributed by atoms with Crippen LogP contribution in [0.3, 0.4) is 0 Å². The van der Waals surface area contributed by atoms with Gasteiger partial charge in [-0.1, -0.05) is 12.1 Å². The van der Waals surface area contributed by atoms with E-state index in [1.54, 1.807) is 33.4 Å². The number of guanidine groups is 1. The van der Waals surface area contributed by atoms with Crippen molar-refractivity contribution in [1.82, 2.24) is 10.6 Å². The van der Waals surface area contributed by atoms with Gasteiger partial charge in [-0.25, -0.2) is 4.39 Å². The first-order valence-electron chi connectivity index (χ1n) is 7.20. The number of nitrogens with zero attached hydrogens (tertiary/aromatic N) is 1. The molecule has 0 bridgehead atoms. The smallest absolute Gasteiger partial charge is 0.191 e. The predicted octanol–water partition coefficient (Wildman–Crippen LogP) is 2.72. The summed E-state index contributed by atoms with van der Waals surface area (Å²) in [5.74, 6) is 0.403. The maximum atomic E-state index is 13.0. The molecule has 1 unspecified atom stereocenters. The van der Waals surface area contributed by atoms with Crippen molar-refractivity contribution in [3.05, 3.63) is 35.6 Å². The van der Waals surface area contributed by atoms with Crippen LogP contribution >= 0.6 is 24.0 Å². The Bertz CT molecular complexity index is 481. The van der Waals surface area contributed by atoms with Crippen molar-refractivity contribution < 1.29 is 13.9 Å². The van der Waals surface area contributed by atoms with Gasteiger partial charge < -0.3 is 20.1 Å². The van der Waals surface area contributed by atoms with Gasteiger partial charge in [-0.3, -0.25) is 4.99 Å². The number of ether oxygens (including phenoxy) is 2. The van der Waals surface area contributed by atoms with Crippen molar-refractivity contribution in [3.8, 4) is 0 Å². The zero-order valence-corrected chi connectivity index (χ0v) is 16.7. The number of rotatable bonds is 7. The highest BCUT2D eigenvalue weighted by molar-refractivity contribution is 14.0. The fraction of sp³-hybridized carbons (Fsp3) is 0.562. The molecule has 1 atom stereocenters. The fourth-order valence-corrected chi connectivity index (χ4v) is 1.79. The topological polar surface area (TPSA) is 54.9 Å². The molecule has 0 aliphatic carbocycles. The van der Waals surface area contributed by atoms with Crippen molar-refractivity contribution in [2.75, 3.05) is 34.4 Å². The normalized spacial score (nSPS) is 13.2. The van der Waals surface area contributed by atoms with Crippen LogP contribution in [0.15, 0.2) is 29.3 Å². The van der Waals surface area contributed by atoms with Crippen LogP contribution in [-0.4, -0.2) is 45.9 Å². The van der Waals surface area contributed by atoms with Crippen LogP contribution in [0.25, 0.3) is 0 Å². The number of benzene rings is 1. The first-order chi connectivity index (χ1) is 10.4. The van der Waals surface area contributed by atoms with E-state index in [1.807, 2.05) is 13.8 Å². The lowest BCUT2D eigenvalue weighted by Crippen LogP contribution is -2.46. The number of hydrogen-bond donors (Lipinski definition) is 2. The summed E-state index contributed by atoms with van der Waals surface area (Å²) >= 11 is 0. The third-order valence-electron chi connectivity index (χ3n) is 3.44. The summed E-state index contributed by atoms with van der Waals surface area (Å²) < 4.78 is 23.8. The lowest BCUT2D eigenvalue weighted by atomic mass is 10.1. The standard InChI is InChI=1S/C16H26FN3O2.HI/c1-16(2,22-5)11-20-15(18-3)19-10-14(21-4)12-6-8-13(17)9-7-12;/h6-9,14H,10-11H2,1-5H3,(H2,18,19,20);1H. The Hall–Kier alpha value is -0.930. The summed E-state index contributed by atoms with van der Waals surface area (Å²) in [6, 6.07) is 6.29. The monoisotopic (exact) mass is 439 g/mol. The maximum Gasteiger partial charge on any atom is 0.191 e. The Kier molecular flexibility index (Phi) is 10.3. The van der Waals surface area contributed by atoms with Gasteiger partial charge in [0, 0.05) is 34.4 Å². The summed E-state index contributed by atoms with van der Waals surface area (Å²) in [6.45, 7) is 5.13. The Labute approximate surface area is 155 Å². The van der Waals surface area contributed by atoms with E-state index in [1.165, 1.54) is 12.1 Å². The van der Waals surface area contributed by atoms with Crippen LogP contribution < -0.4 is 10.6 Å². The molecule has 1 aromatic rings. The lowest BCUT2D eigenvalue weighted by molar-refractivity contribution is 0.0267. The molecular formula is C16H27FIN3O2. The molecule has 5 nitrogen and oxygen atoms in total. The molecule has 1 aromatic carbocycles. The molecule has 1 rings (SSSR count). The summed E-state index contributed by atoms with van der Waals surface area (Å²) in [5, 5.41) is 6.39. The molecule has 0 fully saturated rings. The average Bonchev–Trinajstić information content (AvgIpc) is 2.52. The van der Waals surface area contributed by atoms with Crippen LogP contribution in [-0.2, 0) is 9.47 Å². The number of nitrogens with one attached hydrogen (secondary N) is 2. The Morgan fingerprint density at radius 1 is 1.22 bits per heavy atom. The van der Waals surface area contributed by atoms with Crippen LogP contribution in [0, 0.1) is 5.82 Å². The number of halogens is 2. The SMILES string of the molecule is CN=C(NCC(OC)c1ccc(F)cc1)NCC(C)(C)OC.I. The molecule has 132 valence electrons. The molecule has 0 amide bonds. The number of hydrogen-bond acceptors (Lipinski definition) is 3. The van der Waals surface area contributed by atoms with E-state index in [9.17, 15) is 4.39 Å². The highest BCUT2D eigenvalue weighted by atomic mass is 127. The van der Waals surface area contributed by atoms with Gasteiger partial charge in [0.2, 0.25) is 0 Å². The third-order valence-corrected chi connectivity index (χ3v) is 3.44. The molecule has 0 radical (unpaired) electrons. The van der Waals surface area contributed by atoms with Crippen molar-refractivity contribution in [3.63, 3.8) is 0 Å². The second-order valence-corrected chi connectivity index (χ2v) is 5.55. The van der Waals surface area contributed by atoms with Gasteiger partial charge in [0.1, 0.15) is 5.82 Å². The van der Waals surface area contributed by atoms with E-state index < -0.39 is 0 Å². The molecule has 0 saturated heterocycles. The first kappa shape index (κ1) is 22.1. The molecule has 0 aromatic heterocycles. The Balaban J connectivity index is 0.00000484. The Morgan fingerprint density at radius 3 is 2.30 bits per heavy atom. The van der Waals surface area contributed by atoms with Crippen molar-refractivity contribution in [2.45, 2.75) is 25.6 Å². The van der Waals surface area contributed by atoms with Crippen LogP contribution in [0.2, 0.25) is 0 Å². The third kappa shape index (κ3) is 7.94. The van der Waals surface area contributed by atoms with Crippen molar-refractivity contribution >= 4 is 29.9 Å². The average molecular weight is 439 g/mol. The molecule has 0 spiro atoms. The van der Waals surface area contributed by atoms with E-state index in [4.69, 9.17) is 9.47 Å². The summed E-state index contributed by atoms with van der Waals surface area (Å²) in [7, 11) is 5.00. The molecule has 0 aliphatic rings. The minimum Gasteiger partial charge on any atom is -0.377 e. The molecule has 0 aliphatic heterocycles. The maximum absolute atomic E-state index is 13.0. The first-order valence-corrected chi connectivity index (χ1v) is 7.20. The fourth-order valence-electron chi connectivity index (χ4n) is 1.79. The van der Waals surface area contributed by atoms with Gasteiger partial charge >= 0.3 is 0 Å². The van der Waals surface area contributed by atoms with Gasteiger partial charge in [-0.15, -0.1) is 24.0 Å². The number of aliphatic imine (C=N–C) groups is 1. The van der Waals surface area contributed by atoms with Crippen LogP contribution in [0.1, 0.15) is 25.5 Å². The van der Waals surface area contributed by atoms with Crippen LogP contribution in [0.4, 0.5) is 4.39 Å². The highest BCUT2D eigenvalue weighted by Crippen LogP contribution is 2.16. The van der Waals surface area contributed by atoms with E-state index in [-0.39, 0.29) is 41.5 Å². The van der Waals surface area contributed by atoms with E-state index in [2.05, 4.69) is 15.6 Å². The quantitative estimate of drug-likeness (QED) is 0.390. The zero-order chi connectivity index (χ0) is 16.6. The van der Waals surface area contributed by atoms with Gasteiger partial charge in [-0.05, 0) is 31.5 Å². The van der Waals surface area contributed by atoms with Crippen molar-refractivity contribution in [2.24, 2.45) is 4.99 Å². The molecule has 7 heteroatoms. The minimum atomic E-state index is -0.283. The molecule has 0 heterocycles. The second kappa shape index (κ2) is 10.8. The summed E-state index contributed by atoms with van der Waals surface area (Å²) in [6.07, 6.45) is -0.186. The Morgan fingerprint density at radius 2 is 1.83 bits per heavy atom. The largest absolute Gasteiger partial charge is 0.377 e. The van der Waals surface area contributed by atoms with Gasteiger partial charge in [0.15, 0.2) is 5.96 Å².